The number of rotatable bonds is 5. The monoisotopic (exact) mass is 636 g/mol. The summed E-state index contributed by atoms with van der Waals surface area (Å²) in [6, 6.07) is 12.5. The Morgan fingerprint density at radius 3 is 2.15 bits per heavy atom. The molecule has 5 saturated carbocycles. The summed E-state index contributed by atoms with van der Waals surface area (Å²) in [5.74, 6) is -0.276. The molecule has 1 N–H and O–H groups in total. The fourth-order valence-electron chi connectivity index (χ4n) is 8.68. The lowest BCUT2D eigenvalue weighted by molar-refractivity contribution is -0.391. The smallest absolute Gasteiger partial charge is 0.444 e. The van der Waals surface area contributed by atoms with Crippen LogP contribution < -0.4 is 14.8 Å². The summed E-state index contributed by atoms with van der Waals surface area (Å²) in [5.41, 5.74) is 0.114. The third kappa shape index (κ3) is 5.93. The molecule has 12 heteroatoms. The third-order valence-corrected chi connectivity index (χ3v) is 10.2. The van der Waals surface area contributed by atoms with Gasteiger partial charge in [-0.15, -0.1) is 0 Å². The van der Waals surface area contributed by atoms with Crippen molar-refractivity contribution in [3.63, 3.8) is 0 Å². The fraction of sp³-hybridized carbons (Fsp3) is 0.588. The lowest BCUT2D eigenvalue weighted by Gasteiger charge is -2.62. The van der Waals surface area contributed by atoms with Gasteiger partial charge in [-0.3, -0.25) is 10.1 Å². The molecule has 2 spiro atoms. The van der Waals surface area contributed by atoms with Crippen molar-refractivity contribution in [2.45, 2.75) is 107 Å². The van der Waals surface area contributed by atoms with Gasteiger partial charge in [0, 0.05) is 42.3 Å². The van der Waals surface area contributed by atoms with E-state index in [0.717, 1.165) is 56.9 Å². The van der Waals surface area contributed by atoms with Crippen molar-refractivity contribution < 1.29 is 43.2 Å². The van der Waals surface area contributed by atoms with E-state index in [1.165, 1.54) is 24.3 Å². The van der Waals surface area contributed by atoms with Gasteiger partial charge in [-0.1, -0.05) is 12.1 Å². The van der Waals surface area contributed by atoms with Crippen LogP contribution in [0.2, 0.25) is 0 Å². The summed E-state index contributed by atoms with van der Waals surface area (Å²) in [6.07, 6.45) is 6.44. The topological polar surface area (TPSA) is 145 Å². The summed E-state index contributed by atoms with van der Waals surface area (Å²) >= 11 is 0. The molecule has 246 valence electrons. The SMILES string of the molecule is CC(C)(C)OC(=O)NC12CC3CC(C1)C1(OO[C@@]4(CCC[C@@H](c5ccc(OC(=O)Oc6ccc([N+](=O)[O-])cc6)cc5)C4)O1)C(C3)C2. The highest BCUT2D eigenvalue weighted by Gasteiger charge is 2.70. The molecule has 2 aromatic carbocycles. The summed E-state index contributed by atoms with van der Waals surface area (Å²) in [5, 5.41) is 14.1. The van der Waals surface area contributed by atoms with Gasteiger partial charge in [-0.25, -0.2) is 9.59 Å². The van der Waals surface area contributed by atoms with Crippen LogP contribution in [0.4, 0.5) is 15.3 Å². The lowest BCUT2D eigenvalue weighted by Crippen LogP contribution is -2.69. The zero-order valence-electron chi connectivity index (χ0n) is 26.3. The van der Waals surface area contributed by atoms with Crippen LogP contribution in [-0.4, -0.2) is 39.9 Å². The maximum atomic E-state index is 12.8. The van der Waals surface area contributed by atoms with Gasteiger partial charge in [-0.05, 0) is 107 Å². The number of nitrogens with zero attached hydrogens (tertiary/aromatic N) is 1. The number of carbonyl (C=O) groups is 2. The highest BCUT2D eigenvalue weighted by atomic mass is 17.3. The van der Waals surface area contributed by atoms with E-state index in [4.69, 9.17) is 28.7 Å². The van der Waals surface area contributed by atoms with Crippen molar-refractivity contribution in [1.29, 1.82) is 0 Å². The lowest BCUT2D eigenvalue weighted by atomic mass is 9.50. The molecule has 6 aliphatic rings. The van der Waals surface area contributed by atoms with Crippen LogP contribution in [0.25, 0.3) is 0 Å². The maximum Gasteiger partial charge on any atom is 0.519 e. The number of ether oxygens (including phenoxy) is 4. The number of nitrogens with one attached hydrogen (secondary N) is 1. The van der Waals surface area contributed by atoms with Crippen LogP contribution in [0, 0.1) is 27.9 Å². The molecule has 46 heavy (non-hydrogen) atoms. The molecular formula is C34H40N2O10. The minimum Gasteiger partial charge on any atom is -0.444 e. The molecule has 6 fully saturated rings. The van der Waals surface area contributed by atoms with Crippen LogP contribution in [0.15, 0.2) is 48.5 Å². The van der Waals surface area contributed by atoms with E-state index < -0.39 is 28.3 Å². The van der Waals surface area contributed by atoms with Crippen molar-refractivity contribution in [2.75, 3.05) is 0 Å². The first-order valence-corrected chi connectivity index (χ1v) is 16.2. The van der Waals surface area contributed by atoms with Gasteiger partial charge in [0.2, 0.25) is 11.6 Å². The first-order chi connectivity index (χ1) is 21.8. The molecule has 4 atom stereocenters. The second kappa shape index (κ2) is 11.2. The predicted molar refractivity (Wildman–Crippen MR) is 162 cm³/mol. The molecule has 1 heterocycles. The van der Waals surface area contributed by atoms with Crippen LogP contribution in [0.1, 0.15) is 90.0 Å². The standard InChI is InChI=1S/C34H40N2O10/c1-31(2,3)43-29(37)35-32-17-21-15-24(19-32)34(25(16-21)20-32)44-33(45-46-34)14-4-5-23(18-33)22-6-10-27(11-7-22)41-30(38)42-28-12-8-26(9-13-28)36(39)40/h6-13,21,23-25H,4-5,14-20H2,1-3H3,(H,35,37)/t21?,23-,24?,25?,32?,33-,34?/m1/s1. The Morgan fingerprint density at radius 1 is 0.913 bits per heavy atom. The number of non-ortho nitro benzene ring substituents is 1. The third-order valence-electron chi connectivity index (χ3n) is 10.2. The van der Waals surface area contributed by atoms with E-state index in [1.54, 1.807) is 12.1 Å². The molecule has 0 radical (unpaired) electrons. The van der Waals surface area contributed by atoms with E-state index in [0.29, 0.717) is 18.1 Å². The average Bonchev–Trinajstić information content (AvgIpc) is 3.34. The van der Waals surface area contributed by atoms with E-state index >= 15 is 0 Å². The zero-order chi connectivity index (χ0) is 32.3. The second-order valence-electron chi connectivity index (χ2n) is 14.7. The summed E-state index contributed by atoms with van der Waals surface area (Å²) < 4.78 is 23.1. The highest BCUT2D eigenvalue weighted by Crippen LogP contribution is 2.65. The van der Waals surface area contributed by atoms with Crippen molar-refractivity contribution in [3.05, 3.63) is 64.2 Å². The fourth-order valence-corrected chi connectivity index (χ4v) is 8.68. The minimum atomic E-state index is -0.938. The highest BCUT2D eigenvalue weighted by molar-refractivity contribution is 5.69. The van der Waals surface area contributed by atoms with E-state index in [1.807, 2.05) is 32.9 Å². The Hall–Kier alpha value is -3.74. The van der Waals surface area contributed by atoms with Crippen LogP contribution >= 0.6 is 0 Å². The number of carbonyl (C=O) groups excluding carboxylic acids is 2. The summed E-state index contributed by atoms with van der Waals surface area (Å²) in [4.78, 5) is 47.8. The number of alkyl carbamates (subject to hydrolysis) is 1. The molecule has 5 aliphatic carbocycles. The normalized spacial score (nSPS) is 34.4. The Balaban J connectivity index is 0.978. The molecular weight excluding hydrogens is 596 g/mol. The summed E-state index contributed by atoms with van der Waals surface area (Å²) in [7, 11) is 0. The number of hydrogen-bond acceptors (Lipinski definition) is 10. The number of amides is 1. The van der Waals surface area contributed by atoms with E-state index in [2.05, 4.69) is 5.32 Å². The molecule has 1 saturated heterocycles. The van der Waals surface area contributed by atoms with Crippen molar-refractivity contribution in [3.8, 4) is 11.5 Å². The van der Waals surface area contributed by atoms with Gasteiger partial charge < -0.3 is 24.3 Å². The van der Waals surface area contributed by atoms with Gasteiger partial charge in [0.05, 0.1) is 4.92 Å². The molecule has 8 rings (SSSR count). The molecule has 12 nitrogen and oxygen atoms in total. The van der Waals surface area contributed by atoms with Gasteiger partial charge in [-0.2, -0.15) is 9.78 Å². The van der Waals surface area contributed by atoms with Crippen molar-refractivity contribution in [2.24, 2.45) is 17.8 Å². The Labute approximate surface area is 267 Å². The van der Waals surface area contributed by atoms with Crippen LogP contribution in [0.5, 0.6) is 11.5 Å². The van der Waals surface area contributed by atoms with E-state index in [-0.39, 0.29) is 40.8 Å². The summed E-state index contributed by atoms with van der Waals surface area (Å²) in [6.45, 7) is 5.63. The van der Waals surface area contributed by atoms with Gasteiger partial charge >= 0.3 is 12.2 Å². The first-order valence-electron chi connectivity index (χ1n) is 16.2. The largest absolute Gasteiger partial charge is 0.519 e. The Morgan fingerprint density at radius 2 is 1.54 bits per heavy atom. The quantitative estimate of drug-likeness (QED) is 0.117. The zero-order valence-corrected chi connectivity index (χ0v) is 26.3. The molecule has 1 aliphatic heterocycles. The van der Waals surface area contributed by atoms with Crippen LogP contribution in [0.3, 0.4) is 0 Å². The van der Waals surface area contributed by atoms with Crippen molar-refractivity contribution >= 4 is 17.9 Å². The Kier molecular flexibility index (Phi) is 7.52. The minimum absolute atomic E-state index is 0.102. The van der Waals surface area contributed by atoms with Crippen LogP contribution in [-0.2, 0) is 19.2 Å². The van der Waals surface area contributed by atoms with E-state index in [9.17, 15) is 19.7 Å². The molecule has 0 aromatic heterocycles. The number of nitro groups is 1. The molecule has 2 aromatic rings. The molecule has 4 bridgehead atoms. The van der Waals surface area contributed by atoms with Gasteiger partial charge in [0.1, 0.15) is 17.1 Å². The number of hydrogen-bond donors (Lipinski definition) is 1. The first kappa shape index (κ1) is 30.9. The van der Waals surface area contributed by atoms with Gasteiger partial charge in [0.15, 0.2) is 0 Å². The predicted octanol–water partition coefficient (Wildman–Crippen LogP) is 7.30. The Bertz CT molecular complexity index is 1490. The molecule has 1 amide bonds. The average molecular weight is 637 g/mol. The molecule has 2 unspecified atom stereocenters. The van der Waals surface area contributed by atoms with Gasteiger partial charge in [0.25, 0.3) is 5.69 Å². The van der Waals surface area contributed by atoms with Crippen molar-refractivity contribution in [1.82, 2.24) is 5.32 Å². The maximum absolute atomic E-state index is 12.8. The number of nitro benzene ring substituents is 1. The second-order valence-corrected chi connectivity index (χ2v) is 14.7. The number of benzene rings is 2.